The average Bonchev–Trinajstić information content (AvgIpc) is 3.55. The van der Waals surface area contributed by atoms with Gasteiger partial charge in [0, 0.05) is 75.8 Å². The van der Waals surface area contributed by atoms with Crippen molar-refractivity contribution in [1.82, 2.24) is 15.1 Å². The third-order valence-corrected chi connectivity index (χ3v) is 11.0. The van der Waals surface area contributed by atoms with E-state index in [9.17, 15) is 34.5 Å². The van der Waals surface area contributed by atoms with Crippen molar-refractivity contribution in [1.29, 1.82) is 0 Å². The number of phenols is 2. The maximum atomic E-state index is 14.1. The fourth-order valence-electron chi connectivity index (χ4n) is 8.28. The summed E-state index contributed by atoms with van der Waals surface area (Å²) in [7, 11) is 6.09. The number of nitrogens with one attached hydrogen (secondary N) is 1. The van der Waals surface area contributed by atoms with Crippen molar-refractivity contribution < 1.29 is 67.7 Å². The van der Waals surface area contributed by atoms with Crippen LogP contribution in [0.4, 0.5) is 4.79 Å². The number of fused-ring (bicyclic) bond motifs is 6. The summed E-state index contributed by atoms with van der Waals surface area (Å²) >= 11 is 0. The largest absolute Gasteiger partial charge is 0.507 e. The van der Waals surface area contributed by atoms with Crippen molar-refractivity contribution in [2.75, 3.05) is 61.2 Å². The Hall–Kier alpha value is -4.20. The predicted octanol–water partition coefficient (Wildman–Crippen LogP) is 1.01. The van der Waals surface area contributed by atoms with Crippen molar-refractivity contribution in [2.45, 2.75) is 74.9 Å². The molecular formula is C37H45N3O14. The molecule has 0 aromatic heterocycles. The molecule has 3 fully saturated rings. The lowest BCUT2D eigenvalue weighted by Crippen LogP contribution is -2.55. The van der Waals surface area contributed by atoms with Gasteiger partial charge in [-0.05, 0) is 20.0 Å². The van der Waals surface area contributed by atoms with E-state index in [0.717, 1.165) is 0 Å². The molecule has 0 radical (unpaired) electrons. The van der Waals surface area contributed by atoms with E-state index in [0.29, 0.717) is 26.2 Å². The van der Waals surface area contributed by atoms with E-state index in [1.807, 2.05) is 6.92 Å². The highest BCUT2D eigenvalue weighted by atomic mass is 16.7. The topological polar surface area (TPSA) is 212 Å². The molecule has 2 aromatic rings. The van der Waals surface area contributed by atoms with E-state index in [4.69, 9.17) is 33.2 Å². The Morgan fingerprint density at radius 3 is 2.57 bits per heavy atom. The molecule has 0 bridgehead atoms. The maximum Gasteiger partial charge on any atom is 0.409 e. The number of nitrogens with zero attached hydrogens (tertiary/aromatic N) is 2. The normalized spacial score (nSPS) is 30.1. The maximum absolute atomic E-state index is 14.1. The molecule has 4 N–H and O–H groups in total. The second-order valence-electron chi connectivity index (χ2n) is 14.2. The van der Waals surface area contributed by atoms with Crippen molar-refractivity contribution in [2.24, 2.45) is 0 Å². The number of phenolic OH excluding ortho intramolecular Hbond substituents is 2. The number of hydrogen-bond donors (Lipinski definition) is 4. The van der Waals surface area contributed by atoms with Crippen molar-refractivity contribution in [3.8, 4) is 17.2 Å². The highest BCUT2D eigenvalue weighted by Crippen LogP contribution is 2.53. The molecule has 8 atom stereocenters. The lowest BCUT2D eigenvalue weighted by Gasteiger charge is -2.43. The SMILES string of the molecule is CNCCN(C)C(=O)OCC(=O)[C@]1(O)Cc2c(O)c3c(c(O)c2[C@@H](O[C@H]2C[C@H]4C(O[C@@H]5[C@@H](OC)OCCN54)[C@H](C)O2)C1)C(=O)c1c(OC)cccc1C3=O. The number of likely N-dealkylation sites (N-methyl/N-ethyl adjacent to an activating group) is 2. The van der Waals surface area contributed by atoms with Gasteiger partial charge in [-0.15, -0.1) is 0 Å². The Morgan fingerprint density at radius 1 is 1.09 bits per heavy atom. The van der Waals surface area contributed by atoms with E-state index in [-0.39, 0.29) is 46.6 Å². The van der Waals surface area contributed by atoms with E-state index in [1.165, 1.54) is 44.4 Å². The Labute approximate surface area is 310 Å². The lowest BCUT2D eigenvalue weighted by molar-refractivity contribution is -0.256. The van der Waals surface area contributed by atoms with E-state index in [2.05, 4.69) is 10.2 Å². The van der Waals surface area contributed by atoms with Gasteiger partial charge in [0.2, 0.25) is 11.6 Å². The molecule has 0 saturated carbocycles. The van der Waals surface area contributed by atoms with Crippen LogP contribution in [0.2, 0.25) is 0 Å². The van der Waals surface area contributed by atoms with Gasteiger partial charge >= 0.3 is 6.09 Å². The van der Waals surface area contributed by atoms with Gasteiger partial charge in [0.1, 0.15) is 29.0 Å². The Balaban J connectivity index is 1.25. The molecule has 7 rings (SSSR count). The van der Waals surface area contributed by atoms with Gasteiger partial charge in [0.15, 0.2) is 31.2 Å². The van der Waals surface area contributed by atoms with Gasteiger partial charge in [-0.1, -0.05) is 12.1 Å². The summed E-state index contributed by atoms with van der Waals surface area (Å²) in [6.45, 7) is 2.72. The minimum absolute atomic E-state index is 0.0548. The van der Waals surface area contributed by atoms with Crippen molar-refractivity contribution in [3.05, 3.63) is 51.6 Å². The molecule has 1 amide bonds. The quantitative estimate of drug-likeness (QED) is 0.213. The van der Waals surface area contributed by atoms with Crippen molar-refractivity contribution in [3.63, 3.8) is 0 Å². The number of methoxy groups -OCH3 is 2. The van der Waals surface area contributed by atoms with E-state index in [1.54, 1.807) is 7.05 Å². The Morgan fingerprint density at radius 2 is 1.85 bits per heavy atom. The third-order valence-electron chi connectivity index (χ3n) is 11.0. The first kappa shape index (κ1) is 38.1. The molecular weight excluding hydrogens is 710 g/mol. The number of amides is 1. The van der Waals surface area contributed by atoms with Crippen LogP contribution < -0.4 is 10.1 Å². The average molecular weight is 756 g/mol. The molecule has 17 nitrogen and oxygen atoms in total. The number of aliphatic hydroxyl groups is 1. The fraction of sp³-hybridized carbons (Fsp3) is 0.568. The summed E-state index contributed by atoms with van der Waals surface area (Å²) in [6, 6.07) is 4.21. The number of ketones is 3. The van der Waals surface area contributed by atoms with Crippen LogP contribution in [-0.4, -0.2) is 152 Å². The molecule has 292 valence electrons. The molecule has 3 heterocycles. The molecule has 5 aliphatic rings. The number of rotatable bonds is 10. The lowest BCUT2D eigenvalue weighted by atomic mass is 9.72. The summed E-state index contributed by atoms with van der Waals surface area (Å²) < 4.78 is 41.0. The molecule has 0 spiro atoms. The molecule has 54 heavy (non-hydrogen) atoms. The van der Waals surface area contributed by atoms with Crippen LogP contribution in [0.3, 0.4) is 0 Å². The summed E-state index contributed by atoms with van der Waals surface area (Å²) in [6.07, 6.45) is -5.94. The third kappa shape index (κ3) is 6.31. The van der Waals surface area contributed by atoms with E-state index >= 15 is 0 Å². The smallest absolute Gasteiger partial charge is 0.409 e. The van der Waals surface area contributed by atoms with E-state index < -0.39 is 102 Å². The number of ether oxygens (including phenoxy) is 7. The first-order valence-electron chi connectivity index (χ1n) is 17.8. The summed E-state index contributed by atoms with van der Waals surface area (Å²) in [5.41, 5.74) is -3.66. The minimum atomic E-state index is -2.32. The van der Waals surface area contributed by atoms with Crippen LogP contribution in [-0.2, 0) is 39.6 Å². The summed E-state index contributed by atoms with van der Waals surface area (Å²) in [5.74, 6) is -3.69. The number of morpholine rings is 1. The molecule has 2 aliphatic carbocycles. The van der Waals surface area contributed by atoms with Crippen LogP contribution in [0, 0.1) is 0 Å². The van der Waals surface area contributed by atoms with Gasteiger partial charge in [-0.2, -0.15) is 0 Å². The number of benzene rings is 2. The zero-order valence-electron chi connectivity index (χ0n) is 30.7. The van der Waals surface area contributed by atoms with Gasteiger partial charge in [0.25, 0.3) is 0 Å². The zero-order chi connectivity index (χ0) is 38.6. The van der Waals surface area contributed by atoms with Crippen LogP contribution in [0.1, 0.15) is 68.8 Å². The second kappa shape index (κ2) is 14.8. The first-order valence-corrected chi connectivity index (χ1v) is 17.8. The minimum Gasteiger partial charge on any atom is -0.507 e. The van der Waals surface area contributed by atoms with Crippen LogP contribution >= 0.6 is 0 Å². The molecule has 1 unspecified atom stereocenters. The number of hydrogen-bond acceptors (Lipinski definition) is 16. The Kier molecular flexibility index (Phi) is 10.4. The highest BCUT2D eigenvalue weighted by molar-refractivity contribution is 6.31. The van der Waals surface area contributed by atoms with Crippen molar-refractivity contribution >= 4 is 23.4 Å². The highest BCUT2D eigenvalue weighted by Gasteiger charge is 2.55. The first-order chi connectivity index (χ1) is 25.8. The summed E-state index contributed by atoms with van der Waals surface area (Å²) in [5, 5.41) is 38.8. The zero-order valence-corrected chi connectivity index (χ0v) is 30.7. The number of Topliss-reactive ketones (excluding diaryl/α,β-unsaturated/α-hetero) is 1. The fourth-order valence-corrected chi connectivity index (χ4v) is 8.28. The molecule has 3 saturated heterocycles. The number of aromatic hydroxyl groups is 2. The van der Waals surface area contributed by atoms with Gasteiger partial charge in [0.05, 0.1) is 42.6 Å². The van der Waals surface area contributed by atoms with Gasteiger partial charge in [-0.3, -0.25) is 19.3 Å². The molecule has 17 heteroatoms. The van der Waals surface area contributed by atoms with Crippen LogP contribution in [0.5, 0.6) is 17.2 Å². The summed E-state index contributed by atoms with van der Waals surface area (Å²) in [4.78, 5) is 57.8. The Bertz CT molecular complexity index is 1850. The van der Waals surface area contributed by atoms with Crippen LogP contribution in [0.15, 0.2) is 18.2 Å². The monoisotopic (exact) mass is 755 g/mol. The molecule has 3 aliphatic heterocycles. The number of carbonyl (C=O) groups excluding carboxylic acids is 4. The standard InChI is InChI=1S/C37H45N3O14/c1-17-33-20(40-11-12-50-35(49-5)34(40)54-33)13-24(52-17)53-22-15-37(47,23(41)16-51-36(46)39(3)10-9-38-2)14-19-26(22)32(45)28-27(30(19)43)29(42)18-7-6-8-21(48-4)25(18)31(28)44/h6-8,17,20,22,24,33-35,38,43,45,47H,9-16H2,1-5H3/t17-,20-,22-,24-,33?,34+,35-,37-/m0/s1. The van der Waals surface area contributed by atoms with Gasteiger partial charge < -0.3 is 58.7 Å². The predicted molar refractivity (Wildman–Crippen MR) is 184 cm³/mol. The number of carbonyl (C=O) groups is 4. The van der Waals surface area contributed by atoms with Gasteiger partial charge in [-0.25, -0.2) is 4.79 Å². The van der Waals surface area contributed by atoms with Crippen LogP contribution in [0.25, 0.3) is 0 Å². The molecule has 2 aromatic carbocycles. The second-order valence-corrected chi connectivity index (χ2v) is 14.2.